The molecule has 0 atom stereocenters. The topological polar surface area (TPSA) is 72.7 Å². The van der Waals surface area contributed by atoms with E-state index in [0.29, 0.717) is 23.5 Å². The molecule has 33 heavy (non-hydrogen) atoms. The van der Waals surface area contributed by atoms with Crippen LogP contribution in [0.2, 0.25) is 0 Å². The zero-order valence-corrected chi connectivity index (χ0v) is 19.2. The van der Waals surface area contributed by atoms with Gasteiger partial charge in [0.05, 0.1) is 20.8 Å². The molecule has 0 saturated carbocycles. The highest BCUT2D eigenvalue weighted by atomic mass is 32.1. The van der Waals surface area contributed by atoms with Gasteiger partial charge < -0.3 is 9.88 Å². The van der Waals surface area contributed by atoms with Gasteiger partial charge in [-0.3, -0.25) is 4.79 Å². The third-order valence-corrected chi connectivity index (χ3v) is 7.08. The van der Waals surface area contributed by atoms with Crippen LogP contribution in [-0.2, 0) is 24.2 Å². The minimum atomic E-state index is -0.358. The molecule has 0 saturated heterocycles. The van der Waals surface area contributed by atoms with E-state index in [9.17, 15) is 9.18 Å². The van der Waals surface area contributed by atoms with Crippen LogP contribution in [-0.4, -0.2) is 25.7 Å². The summed E-state index contributed by atoms with van der Waals surface area (Å²) in [6, 6.07) is 12.8. The molecule has 3 heterocycles. The number of amides is 1. The van der Waals surface area contributed by atoms with Crippen LogP contribution in [0, 0.1) is 5.82 Å². The van der Waals surface area contributed by atoms with Gasteiger partial charge in [0.15, 0.2) is 5.82 Å². The summed E-state index contributed by atoms with van der Waals surface area (Å²) in [6.45, 7) is 0.794. The molecule has 8 heteroatoms. The Bertz CT molecular complexity index is 1250. The van der Waals surface area contributed by atoms with Crippen molar-refractivity contribution in [3.8, 4) is 11.4 Å². The van der Waals surface area contributed by atoms with Crippen LogP contribution < -0.4 is 5.32 Å². The first-order valence-electron chi connectivity index (χ1n) is 11.5. The highest BCUT2D eigenvalue weighted by Gasteiger charge is 2.19. The standard InChI is InChI=1S/C25H26FN5OS/c26-19-14-13-17(16-18(19)25-30-29-22-10-2-1-7-15-31(22)25)27-23(32)11-5-6-12-24-28-20-8-3-4-9-21(20)33-24/h3-4,8-9,13-14,16H,1-2,5-7,10-12,15H2,(H,27,32). The van der Waals surface area contributed by atoms with Crippen LogP contribution in [0.4, 0.5) is 10.1 Å². The number of rotatable bonds is 7. The fourth-order valence-electron chi connectivity index (χ4n) is 4.27. The molecule has 0 fully saturated rings. The minimum absolute atomic E-state index is 0.0723. The molecular formula is C25H26FN5OS. The molecule has 6 nitrogen and oxygen atoms in total. The maximum Gasteiger partial charge on any atom is 0.224 e. The highest BCUT2D eigenvalue weighted by Crippen LogP contribution is 2.28. The number of halogens is 1. The molecule has 0 radical (unpaired) electrons. The van der Waals surface area contributed by atoms with E-state index in [1.165, 1.54) is 10.8 Å². The van der Waals surface area contributed by atoms with Gasteiger partial charge >= 0.3 is 0 Å². The van der Waals surface area contributed by atoms with Gasteiger partial charge in [0.25, 0.3) is 0 Å². The average Bonchev–Trinajstić information content (AvgIpc) is 3.34. The Labute approximate surface area is 195 Å². The van der Waals surface area contributed by atoms with Crippen LogP contribution in [0.25, 0.3) is 21.6 Å². The number of thiazole rings is 1. The van der Waals surface area contributed by atoms with Gasteiger partial charge in [-0.2, -0.15) is 0 Å². The van der Waals surface area contributed by atoms with Gasteiger partial charge in [0.2, 0.25) is 5.91 Å². The summed E-state index contributed by atoms with van der Waals surface area (Å²) in [5.41, 5.74) is 1.99. The predicted molar refractivity (Wildman–Crippen MR) is 129 cm³/mol. The lowest BCUT2D eigenvalue weighted by Gasteiger charge is -2.10. The van der Waals surface area contributed by atoms with Gasteiger partial charge in [-0.15, -0.1) is 21.5 Å². The number of hydrogen-bond acceptors (Lipinski definition) is 5. The molecule has 1 aliphatic heterocycles. The number of aryl methyl sites for hydroxylation is 2. The number of benzene rings is 2. The Morgan fingerprint density at radius 1 is 1.09 bits per heavy atom. The number of nitrogens with one attached hydrogen (secondary N) is 1. The summed E-state index contributed by atoms with van der Waals surface area (Å²) in [5.74, 6) is 1.01. The van der Waals surface area contributed by atoms with Crippen molar-refractivity contribution in [2.24, 2.45) is 0 Å². The molecule has 0 unspecified atom stereocenters. The van der Waals surface area contributed by atoms with E-state index in [2.05, 4.69) is 26.6 Å². The molecule has 1 aliphatic rings. The summed E-state index contributed by atoms with van der Waals surface area (Å²) in [5, 5.41) is 12.5. The van der Waals surface area contributed by atoms with Crippen molar-refractivity contribution < 1.29 is 9.18 Å². The number of aromatic nitrogens is 4. The smallest absolute Gasteiger partial charge is 0.224 e. The molecular weight excluding hydrogens is 437 g/mol. The second kappa shape index (κ2) is 9.79. The molecule has 0 bridgehead atoms. The normalized spacial score (nSPS) is 13.6. The highest BCUT2D eigenvalue weighted by molar-refractivity contribution is 7.18. The number of fused-ring (bicyclic) bond motifs is 2. The van der Waals surface area contributed by atoms with Crippen molar-refractivity contribution in [3.63, 3.8) is 0 Å². The Morgan fingerprint density at radius 2 is 2.00 bits per heavy atom. The molecule has 1 N–H and O–H groups in total. The van der Waals surface area contributed by atoms with Crippen LogP contribution in [0.5, 0.6) is 0 Å². The van der Waals surface area contributed by atoms with E-state index in [4.69, 9.17) is 0 Å². The molecule has 0 spiro atoms. The first kappa shape index (κ1) is 21.7. The SMILES string of the molecule is O=C(CCCCc1nc2ccccc2s1)Nc1ccc(F)c(-c2nnc3n2CCCCC3)c1. The summed E-state index contributed by atoms with van der Waals surface area (Å²) in [7, 11) is 0. The lowest BCUT2D eigenvalue weighted by molar-refractivity contribution is -0.116. The minimum Gasteiger partial charge on any atom is -0.326 e. The zero-order valence-electron chi connectivity index (χ0n) is 18.4. The number of hydrogen-bond donors (Lipinski definition) is 1. The van der Waals surface area contributed by atoms with E-state index >= 15 is 0 Å². The molecule has 4 aromatic rings. The molecule has 5 rings (SSSR count). The van der Waals surface area contributed by atoms with E-state index in [-0.39, 0.29) is 11.7 Å². The van der Waals surface area contributed by atoms with Crippen LogP contribution >= 0.6 is 11.3 Å². The fourth-order valence-corrected chi connectivity index (χ4v) is 5.28. The summed E-state index contributed by atoms with van der Waals surface area (Å²) >= 11 is 1.71. The Balaban J connectivity index is 1.18. The van der Waals surface area contributed by atoms with Crippen LogP contribution in [0.15, 0.2) is 42.5 Å². The van der Waals surface area contributed by atoms with Crippen molar-refractivity contribution in [2.75, 3.05) is 5.32 Å². The van der Waals surface area contributed by atoms with Gasteiger partial charge in [0.1, 0.15) is 11.6 Å². The zero-order chi connectivity index (χ0) is 22.6. The second-order valence-electron chi connectivity index (χ2n) is 8.43. The molecule has 0 aliphatic carbocycles. The molecule has 2 aromatic carbocycles. The van der Waals surface area contributed by atoms with Crippen LogP contribution in [0.1, 0.15) is 49.4 Å². The maximum absolute atomic E-state index is 14.6. The fraction of sp³-hybridized carbons (Fsp3) is 0.360. The average molecular weight is 464 g/mol. The van der Waals surface area contributed by atoms with E-state index in [1.807, 2.05) is 22.8 Å². The third-order valence-electron chi connectivity index (χ3n) is 5.98. The third kappa shape index (κ3) is 4.95. The number of carbonyl (C=O) groups is 1. The van der Waals surface area contributed by atoms with E-state index in [1.54, 1.807) is 23.5 Å². The first-order valence-corrected chi connectivity index (χ1v) is 12.4. The first-order chi connectivity index (χ1) is 16.2. The number of unbranched alkanes of at least 4 members (excludes halogenated alkanes) is 1. The number of carbonyl (C=O) groups excluding carboxylic acids is 1. The van der Waals surface area contributed by atoms with Gasteiger partial charge in [0, 0.05) is 25.1 Å². The monoisotopic (exact) mass is 463 g/mol. The van der Waals surface area contributed by atoms with Gasteiger partial charge in [-0.25, -0.2) is 9.37 Å². The van der Waals surface area contributed by atoms with Crippen molar-refractivity contribution in [3.05, 3.63) is 59.1 Å². The summed E-state index contributed by atoms with van der Waals surface area (Å²) < 4.78 is 17.8. The summed E-state index contributed by atoms with van der Waals surface area (Å²) in [6.07, 6.45) is 7.07. The van der Waals surface area contributed by atoms with Crippen LogP contribution in [0.3, 0.4) is 0 Å². The Kier molecular flexibility index (Phi) is 6.44. The number of nitrogens with zero attached hydrogens (tertiary/aromatic N) is 4. The Hall–Kier alpha value is -3.13. The predicted octanol–water partition coefficient (Wildman–Crippen LogP) is 5.77. The van der Waals surface area contributed by atoms with E-state index < -0.39 is 0 Å². The Morgan fingerprint density at radius 3 is 2.91 bits per heavy atom. The molecule has 2 aromatic heterocycles. The second-order valence-corrected chi connectivity index (χ2v) is 9.54. The number of para-hydroxylation sites is 1. The maximum atomic E-state index is 14.6. The lowest BCUT2D eigenvalue weighted by Crippen LogP contribution is -2.11. The van der Waals surface area contributed by atoms with E-state index in [0.717, 1.165) is 67.8 Å². The molecule has 170 valence electrons. The van der Waals surface area contributed by atoms with Crippen molar-refractivity contribution in [1.82, 2.24) is 19.7 Å². The van der Waals surface area contributed by atoms with Crippen molar-refractivity contribution >= 4 is 33.1 Å². The quantitative estimate of drug-likeness (QED) is 0.353. The largest absolute Gasteiger partial charge is 0.326 e. The van der Waals surface area contributed by atoms with Gasteiger partial charge in [-0.05, 0) is 62.4 Å². The van der Waals surface area contributed by atoms with Crippen molar-refractivity contribution in [2.45, 2.75) is 57.9 Å². The number of anilines is 1. The van der Waals surface area contributed by atoms with Crippen molar-refractivity contribution in [1.29, 1.82) is 0 Å². The van der Waals surface area contributed by atoms with Gasteiger partial charge in [-0.1, -0.05) is 18.6 Å². The molecule has 1 amide bonds. The summed E-state index contributed by atoms with van der Waals surface area (Å²) in [4.78, 5) is 17.1. The lowest BCUT2D eigenvalue weighted by atomic mass is 10.1.